The Morgan fingerprint density at radius 3 is 1.97 bits per heavy atom. The van der Waals surface area contributed by atoms with E-state index in [1.807, 2.05) is 60.7 Å². The van der Waals surface area contributed by atoms with Crippen LogP contribution in [-0.2, 0) is 17.1 Å². The maximum Gasteiger partial charge on any atom is 0.335 e. The fourth-order valence-electron chi connectivity index (χ4n) is 3.95. The number of nitrogens with zero attached hydrogens (tertiary/aromatic N) is 2. The molecule has 0 aliphatic carbocycles. The molecular weight excluding hydrogens is 467 g/mol. The van der Waals surface area contributed by atoms with Gasteiger partial charge < -0.3 is 15.1 Å². The van der Waals surface area contributed by atoms with Crippen molar-refractivity contribution < 1.29 is 27.0 Å². The van der Waals surface area contributed by atoms with E-state index < -0.39 is 5.97 Å². The third kappa shape index (κ3) is 4.22. The van der Waals surface area contributed by atoms with Gasteiger partial charge in [-0.2, -0.15) is 0 Å². The predicted molar refractivity (Wildman–Crippen MR) is 130 cm³/mol. The first-order valence-corrected chi connectivity index (χ1v) is 10.4. The van der Waals surface area contributed by atoms with Crippen molar-refractivity contribution in [3.05, 3.63) is 95.1 Å². The maximum absolute atomic E-state index is 11.2. The molecule has 1 radical (unpaired) electrons. The van der Waals surface area contributed by atoms with Gasteiger partial charge >= 0.3 is 5.97 Å². The van der Waals surface area contributed by atoms with Crippen molar-refractivity contribution in [3.63, 3.8) is 0 Å². The molecule has 0 unspecified atom stereocenters. The average molecular weight is 484 g/mol. The van der Waals surface area contributed by atoms with Crippen molar-refractivity contribution in [2.24, 2.45) is 0 Å². The number of carboxylic acid groups (broad SMARTS) is 1. The van der Waals surface area contributed by atoms with Crippen molar-refractivity contribution in [3.8, 4) is 11.1 Å². The van der Waals surface area contributed by atoms with E-state index in [2.05, 4.69) is 21.0 Å². The third-order valence-electron chi connectivity index (χ3n) is 5.51. The summed E-state index contributed by atoms with van der Waals surface area (Å²) >= 11 is 0. The average Bonchev–Trinajstić information content (AvgIpc) is 3.59. The van der Waals surface area contributed by atoms with E-state index >= 15 is 0 Å². The summed E-state index contributed by atoms with van der Waals surface area (Å²) in [6.07, 6.45) is 7.87. The molecule has 0 amide bonds. The van der Waals surface area contributed by atoms with Crippen LogP contribution in [0, 0.1) is 6.07 Å². The van der Waals surface area contributed by atoms with E-state index in [4.69, 9.17) is 4.98 Å². The van der Waals surface area contributed by atoms with Crippen molar-refractivity contribution in [1.29, 1.82) is 0 Å². The van der Waals surface area contributed by atoms with E-state index in [-0.39, 0.29) is 22.6 Å². The standard InChI is InChI=1S/C27H17N4O2.Mn/c32-27(33)17-3-1-16(2-4-17)25-14-24-13-22-8-7-20(29-22)11-18-5-6-19(28-18)12-21-9-10-23(30-21)15-26(25)31-24;/h1-13,15,29,31H,(H,32,33);/q-1;. The van der Waals surface area contributed by atoms with Crippen LogP contribution < -0.4 is 0 Å². The van der Waals surface area contributed by atoms with Gasteiger partial charge in [-0.1, -0.05) is 47.5 Å². The Kier molecular flexibility index (Phi) is 5.49. The number of aromatic amines is 2. The SMILES string of the molecule is O=C(O)c1ccc(-c2[c-]c3cc4ccc(cc5nc(cc6nc(cc2[nH]3)C=C6)C=C5)[nH]4)cc1.[Mn]. The fraction of sp³-hybridized carbons (Fsp3) is 0. The molecule has 6 nitrogen and oxygen atoms in total. The van der Waals surface area contributed by atoms with Crippen LogP contribution >= 0.6 is 0 Å². The first kappa shape index (κ1) is 21.6. The molecule has 8 bridgehead atoms. The molecular formula is C27H17MnN4O2-. The Balaban J connectivity index is 0.00000241. The zero-order chi connectivity index (χ0) is 22.4. The number of carboxylic acids is 1. The second-order valence-corrected chi connectivity index (χ2v) is 7.87. The molecule has 2 aliphatic rings. The number of fused-ring (bicyclic) bond motifs is 8. The molecule has 0 saturated carbocycles. The number of rotatable bonds is 2. The van der Waals surface area contributed by atoms with Gasteiger partial charge in [-0.3, -0.25) is 0 Å². The number of benzene rings is 1. The third-order valence-corrected chi connectivity index (χ3v) is 5.51. The van der Waals surface area contributed by atoms with Crippen LogP contribution in [0.2, 0.25) is 0 Å². The largest absolute Gasteiger partial charge is 0.478 e. The Morgan fingerprint density at radius 1 is 0.735 bits per heavy atom. The van der Waals surface area contributed by atoms with Gasteiger partial charge in [-0.05, 0) is 59.6 Å². The van der Waals surface area contributed by atoms with Crippen LogP contribution in [0.5, 0.6) is 0 Å². The minimum Gasteiger partial charge on any atom is -0.478 e. The minimum atomic E-state index is -0.951. The molecule has 0 saturated heterocycles. The van der Waals surface area contributed by atoms with Gasteiger partial charge in [0.2, 0.25) is 0 Å². The summed E-state index contributed by atoms with van der Waals surface area (Å²) in [5.74, 6) is -0.951. The molecule has 0 fully saturated rings. The second-order valence-electron chi connectivity index (χ2n) is 7.87. The van der Waals surface area contributed by atoms with Gasteiger partial charge in [-0.25, -0.2) is 14.8 Å². The summed E-state index contributed by atoms with van der Waals surface area (Å²) in [6, 6.07) is 22.1. The zero-order valence-electron chi connectivity index (χ0n) is 17.7. The maximum atomic E-state index is 11.2. The molecule has 5 heterocycles. The molecule has 165 valence electrons. The Labute approximate surface area is 205 Å². The quantitative estimate of drug-likeness (QED) is 0.213. The van der Waals surface area contributed by atoms with Gasteiger partial charge in [0.05, 0.1) is 28.3 Å². The molecule has 0 spiro atoms. The second kappa shape index (κ2) is 8.63. The molecule has 3 N–H and O–H groups in total. The Bertz CT molecular complexity index is 1640. The topological polar surface area (TPSA) is 94.7 Å². The molecule has 2 aliphatic heterocycles. The van der Waals surface area contributed by atoms with Gasteiger partial charge in [-0.15, -0.1) is 11.6 Å². The van der Waals surface area contributed by atoms with Crippen LogP contribution in [-0.4, -0.2) is 31.0 Å². The number of hydrogen-bond donors (Lipinski definition) is 3. The van der Waals surface area contributed by atoms with Gasteiger partial charge in [0.1, 0.15) is 0 Å². The van der Waals surface area contributed by atoms with Crippen molar-refractivity contribution in [2.45, 2.75) is 0 Å². The van der Waals surface area contributed by atoms with Crippen molar-refractivity contribution >= 4 is 52.3 Å². The first-order valence-electron chi connectivity index (χ1n) is 10.4. The van der Waals surface area contributed by atoms with Crippen LogP contribution in [0.15, 0.2) is 60.7 Å². The van der Waals surface area contributed by atoms with Crippen LogP contribution in [0.3, 0.4) is 0 Å². The number of carbonyl (C=O) groups is 1. The zero-order valence-corrected chi connectivity index (χ0v) is 18.9. The summed E-state index contributed by atoms with van der Waals surface area (Å²) in [4.78, 5) is 27.4. The molecule has 6 rings (SSSR count). The van der Waals surface area contributed by atoms with Crippen LogP contribution in [0.25, 0.3) is 57.5 Å². The van der Waals surface area contributed by atoms with E-state index in [9.17, 15) is 9.90 Å². The van der Waals surface area contributed by atoms with Crippen LogP contribution in [0.4, 0.5) is 0 Å². The van der Waals surface area contributed by atoms with Gasteiger partial charge in [0, 0.05) is 22.6 Å². The summed E-state index contributed by atoms with van der Waals surface area (Å²) in [6.45, 7) is 0. The Morgan fingerprint density at radius 2 is 1.32 bits per heavy atom. The smallest absolute Gasteiger partial charge is 0.335 e. The van der Waals surface area contributed by atoms with Gasteiger partial charge in [0.15, 0.2) is 0 Å². The van der Waals surface area contributed by atoms with E-state index in [0.717, 1.165) is 56.0 Å². The predicted octanol–water partition coefficient (Wildman–Crippen LogP) is 5.82. The summed E-state index contributed by atoms with van der Waals surface area (Å²) in [5.41, 5.74) is 8.84. The van der Waals surface area contributed by atoms with E-state index in [0.29, 0.717) is 0 Å². The minimum absolute atomic E-state index is 0. The molecule has 7 heteroatoms. The number of aromatic carboxylic acids is 1. The summed E-state index contributed by atoms with van der Waals surface area (Å²) in [7, 11) is 0. The van der Waals surface area contributed by atoms with Crippen LogP contribution in [0.1, 0.15) is 33.1 Å². The monoisotopic (exact) mass is 484 g/mol. The molecule has 3 aromatic heterocycles. The molecule has 4 aromatic rings. The molecule has 1 aromatic carbocycles. The van der Waals surface area contributed by atoms with E-state index in [1.165, 1.54) is 0 Å². The number of nitrogens with one attached hydrogen (secondary N) is 2. The molecule has 0 atom stereocenters. The van der Waals surface area contributed by atoms with E-state index in [1.54, 1.807) is 24.3 Å². The van der Waals surface area contributed by atoms with Crippen molar-refractivity contribution in [1.82, 2.24) is 19.9 Å². The fourth-order valence-corrected chi connectivity index (χ4v) is 3.95. The Hall–Kier alpha value is -4.19. The van der Waals surface area contributed by atoms with Crippen molar-refractivity contribution in [2.75, 3.05) is 0 Å². The number of H-pyrrole nitrogens is 2. The first-order chi connectivity index (χ1) is 16.1. The molecule has 34 heavy (non-hydrogen) atoms. The summed E-state index contributed by atoms with van der Waals surface area (Å²) in [5, 5.41) is 9.22. The normalized spacial score (nSPS) is 11.9. The summed E-state index contributed by atoms with van der Waals surface area (Å²) < 4.78 is 0. The van der Waals surface area contributed by atoms with Gasteiger partial charge in [0.25, 0.3) is 0 Å². The number of aromatic nitrogens is 4. The number of hydrogen-bond acceptors (Lipinski definition) is 3.